The van der Waals surface area contributed by atoms with Crippen molar-refractivity contribution in [1.82, 2.24) is 15.3 Å². The molecule has 4 aromatic rings. The molecular formula is C22H24N4O2. The Balaban J connectivity index is 1.35. The zero-order valence-electron chi connectivity index (χ0n) is 15.8. The molecule has 0 saturated heterocycles. The lowest BCUT2D eigenvalue weighted by molar-refractivity contribution is -0.122. The van der Waals surface area contributed by atoms with Gasteiger partial charge in [-0.15, -0.1) is 0 Å². The van der Waals surface area contributed by atoms with Crippen molar-refractivity contribution in [3.63, 3.8) is 0 Å². The van der Waals surface area contributed by atoms with Crippen molar-refractivity contribution in [1.29, 1.82) is 0 Å². The number of amides is 1. The van der Waals surface area contributed by atoms with Gasteiger partial charge in [0.15, 0.2) is 0 Å². The fourth-order valence-corrected chi connectivity index (χ4v) is 3.57. The summed E-state index contributed by atoms with van der Waals surface area (Å²) in [7, 11) is 1.66. The lowest BCUT2D eigenvalue weighted by atomic mass is 10.0. The molecule has 2 aromatic heterocycles. The van der Waals surface area contributed by atoms with E-state index in [-0.39, 0.29) is 5.91 Å². The number of benzene rings is 2. The van der Waals surface area contributed by atoms with Crippen LogP contribution >= 0.6 is 0 Å². The fourth-order valence-electron chi connectivity index (χ4n) is 3.57. The van der Waals surface area contributed by atoms with Crippen LogP contribution in [-0.4, -0.2) is 35.6 Å². The molecule has 1 unspecified atom stereocenters. The van der Waals surface area contributed by atoms with Crippen molar-refractivity contribution in [3.8, 4) is 5.75 Å². The quantitative estimate of drug-likeness (QED) is 0.399. The van der Waals surface area contributed by atoms with Crippen molar-refractivity contribution in [2.45, 2.75) is 18.9 Å². The molecule has 0 aliphatic carbocycles. The van der Waals surface area contributed by atoms with Crippen LogP contribution in [0.1, 0.15) is 11.1 Å². The predicted molar refractivity (Wildman–Crippen MR) is 112 cm³/mol. The molecule has 0 saturated carbocycles. The normalized spacial score (nSPS) is 12.4. The number of carbonyl (C=O) groups is 1. The van der Waals surface area contributed by atoms with Gasteiger partial charge < -0.3 is 25.8 Å². The van der Waals surface area contributed by atoms with Gasteiger partial charge in [0.05, 0.1) is 13.2 Å². The van der Waals surface area contributed by atoms with E-state index >= 15 is 0 Å². The van der Waals surface area contributed by atoms with Crippen LogP contribution in [0.4, 0.5) is 0 Å². The van der Waals surface area contributed by atoms with Crippen molar-refractivity contribution < 1.29 is 9.53 Å². The molecule has 144 valence electrons. The number of hydrogen-bond donors (Lipinski definition) is 4. The Kier molecular flexibility index (Phi) is 5.04. The number of ether oxygens (including phenoxy) is 1. The van der Waals surface area contributed by atoms with Gasteiger partial charge in [-0.3, -0.25) is 4.79 Å². The minimum Gasteiger partial charge on any atom is -0.497 e. The van der Waals surface area contributed by atoms with Gasteiger partial charge in [0.25, 0.3) is 0 Å². The highest BCUT2D eigenvalue weighted by Gasteiger charge is 2.16. The van der Waals surface area contributed by atoms with Crippen LogP contribution < -0.4 is 15.8 Å². The minimum atomic E-state index is -0.581. The number of carbonyl (C=O) groups excluding carboxylic acids is 1. The highest BCUT2D eigenvalue weighted by atomic mass is 16.5. The minimum absolute atomic E-state index is 0.136. The maximum absolute atomic E-state index is 12.4. The SMILES string of the molecule is COc1ccc2[nH]cc(CCNC(=O)C(N)Cc3c[nH]c4ccccc34)c2c1. The standard InChI is InChI=1S/C22H24N4O2/c1-28-16-6-7-21-18(11-16)14(12-25-21)8-9-24-22(27)19(23)10-15-13-26-20-5-3-2-4-17(15)20/h2-7,11-13,19,25-26H,8-10,23H2,1H3,(H,24,27). The van der Waals surface area contributed by atoms with E-state index in [9.17, 15) is 4.79 Å². The summed E-state index contributed by atoms with van der Waals surface area (Å²) in [6.07, 6.45) is 5.12. The molecule has 1 atom stereocenters. The molecule has 0 aliphatic heterocycles. The molecule has 5 N–H and O–H groups in total. The third kappa shape index (κ3) is 3.59. The lowest BCUT2D eigenvalue weighted by Gasteiger charge is -2.12. The van der Waals surface area contributed by atoms with Crippen LogP contribution in [0, 0.1) is 0 Å². The van der Waals surface area contributed by atoms with E-state index < -0.39 is 6.04 Å². The lowest BCUT2D eigenvalue weighted by Crippen LogP contribution is -2.42. The summed E-state index contributed by atoms with van der Waals surface area (Å²) in [6, 6.07) is 13.4. The summed E-state index contributed by atoms with van der Waals surface area (Å²) in [6.45, 7) is 0.532. The first kappa shape index (κ1) is 18.1. The number of fused-ring (bicyclic) bond motifs is 2. The van der Waals surface area contributed by atoms with Gasteiger partial charge in [0, 0.05) is 40.7 Å². The molecule has 2 heterocycles. The van der Waals surface area contributed by atoms with Gasteiger partial charge in [-0.1, -0.05) is 18.2 Å². The summed E-state index contributed by atoms with van der Waals surface area (Å²) in [5.41, 5.74) is 10.4. The number of aromatic nitrogens is 2. The number of nitrogens with one attached hydrogen (secondary N) is 3. The summed E-state index contributed by atoms with van der Waals surface area (Å²) in [4.78, 5) is 18.9. The number of nitrogens with two attached hydrogens (primary N) is 1. The van der Waals surface area contributed by atoms with E-state index in [0.717, 1.165) is 45.1 Å². The molecule has 0 aliphatic rings. The van der Waals surface area contributed by atoms with Crippen LogP contribution in [0.5, 0.6) is 5.75 Å². The Labute approximate surface area is 163 Å². The van der Waals surface area contributed by atoms with Gasteiger partial charge in [-0.2, -0.15) is 0 Å². The molecular weight excluding hydrogens is 352 g/mol. The largest absolute Gasteiger partial charge is 0.497 e. The monoisotopic (exact) mass is 376 g/mol. The van der Waals surface area contributed by atoms with Crippen LogP contribution in [0.3, 0.4) is 0 Å². The van der Waals surface area contributed by atoms with Crippen molar-refractivity contribution in [2.75, 3.05) is 13.7 Å². The molecule has 0 radical (unpaired) electrons. The van der Waals surface area contributed by atoms with Crippen molar-refractivity contribution in [2.24, 2.45) is 5.73 Å². The van der Waals surface area contributed by atoms with Gasteiger partial charge in [0.2, 0.25) is 5.91 Å². The zero-order chi connectivity index (χ0) is 19.5. The molecule has 6 nitrogen and oxygen atoms in total. The van der Waals surface area contributed by atoms with Gasteiger partial charge in [0.1, 0.15) is 5.75 Å². The van der Waals surface area contributed by atoms with Crippen molar-refractivity contribution >= 4 is 27.7 Å². The third-order valence-corrected chi connectivity index (χ3v) is 5.12. The number of aromatic amines is 2. The predicted octanol–water partition coefficient (Wildman–Crippen LogP) is 2.89. The molecule has 0 bridgehead atoms. The Morgan fingerprint density at radius 3 is 2.64 bits per heavy atom. The number of hydrogen-bond acceptors (Lipinski definition) is 3. The first-order chi connectivity index (χ1) is 13.7. The van der Waals surface area contributed by atoms with Crippen LogP contribution in [0.15, 0.2) is 54.9 Å². The second-order valence-corrected chi connectivity index (χ2v) is 6.94. The Morgan fingerprint density at radius 2 is 1.82 bits per heavy atom. The van der Waals surface area contributed by atoms with E-state index in [1.54, 1.807) is 7.11 Å². The molecule has 28 heavy (non-hydrogen) atoms. The molecule has 0 fully saturated rings. The summed E-state index contributed by atoms with van der Waals surface area (Å²) >= 11 is 0. The van der Waals surface area contributed by atoms with Gasteiger partial charge in [-0.25, -0.2) is 0 Å². The molecule has 4 rings (SSSR count). The van der Waals surface area contributed by atoms with Crippen LogP contribution in [0.2, 0.25) is 0 Å². The van der Waals surface area contributed by atoms with Gasteiger partial charge >= 0.3 is 0 Å². The molecule has 0 spiro atoms. The van der Waals surface area contributed by atoms with Crippen LogP contribution in [0.25, 0.3) is 21.8 Å². The Hall–Kier alpha value is -3.25. The summed E-state index contributed by atoms with van der Waals surface area (Å²) < 4.78 is 5.30. The average Bonchev–Trinajstić information content (AvgIpc) is 3.32. The van der Waals surface area contributed by atoms with E-state index in [1.807, 2.05) is 54.9 Å². The van der Waals surface area contributed by atoms with Crippen molar-refractivity contribution in [3.05, 3.63) is 66.0 Å². The van der Waals surface area contributed by atoms with E-state index in [0.29, 0.717) is 13.0 Å². The average molecular weight is 376 g/mol. The molecule has 1 amide bonds. The number of methoxy groups -OCH3 is 1. The maximum Gasteiger partial charge on any atom is 0.237 e. The van der Waals surface area contributed by atoms with E-state index in [2.05, 4.69) is 15.3 Å². The Bertz CT molecular complexity index is 1110. The second kappa shape index (κ2) is 7.78. The van der Waals surface area contributed by atoms with Gasteiger partial charge in [-0.05, 0) is 48.2 Å². The highest BCUT2D eigenvalue weighted by Crippen LogP contribution is 2.24. The first-order valence-corrected chi connectivity index (χ1v) is 9.38. The van der Waals surface area contributed by atoms with Crippen LogP contribution in [-0.2, 0) is 17.6 Å². The summed E-state index contributed by atoms with van der Waals surface area (Å²) in [5.74, 6) is 0.681. The second-order valence-electron chi connectivity index (χ2n) is 6.94. The first-order valence-electron chi connectivity index (χ1n) is 9.38. The van der Waals surface area contributed by atoms with E-state index in [4.69, 9.17) is 10.5 Å². The summed E-state index contributed by atoms with van der Waals surface area (Å²) in [5, 5.41) is 5.17. The maximum atomic E-state index is 12.4. The fraction of sp³-hybridized carbons (Fsp3) is 0.227. The molecule has 2 aromatic carbocycles. The molecule has 6 heteroatoms. The Morgan fingerprint density at radius 1 is 1.07 bits per heavy atom. The number of rotatable bonds is 7. The topological polar surface area (TPSA) is 95.9 Å². The number of para-hydroxylation sites is 1. The zero-order valence-corrected chi connectivity index (χ0v) is 15.8. The van der Waals surface area contributed by atoms with E-state index in [1.165, 1.54) is 0 Å². The smallest absolute Gasteiger partial charge is 0.237 e. The highest BCUT2D eigenvalue weighted by molar-refractivity contribution is 5.86. The number of H-pyrrole nitrogens is 2. The third-order valence-electron chi connectivity index (χ3n) is 5.12.